The van der Waals surface area contributed by atoms with Crippen LogP contribution in [0.2, 0.25) is 5.02 Å². The lowest BCUT2D eigenvalue weighted by Crippen LogP contribution is -1.90. The predicted molar refractivity (Wildman–Crippen MR) is 68.6 cm³/mol. The van der Waals surface area contributed by atoms with Gasteiger partial charge in [-0.3, -0.25) is 0 Å². The van der Waals surface area contributed by atoms with Gasteiger partial charge >= 0.3 is 0 Å². The molecule has 1 nitrogen and oxygen atoms in total. The molecule has 0 fully saturated rings. The fraction of sp³-hybridized carbons (Fsp3) is 0.0909. The van der Waals surface area contributed by atoms with E-state index in [9.17, 15) is 0 Å². The van der Waals surface area contributed by atoms with Gasteiger partial charge in [-0.25, -0.2) is 0 Å². The molecule has 0 saturated heterocycles. The summed E-state index contributed by atoms with van der Waals surface area (Å²) in [5.74, 6) is 0. The van der Waals surface area contributed by atoms with Crippen LogP contribution in [0.4, 0.5) is 0 Å². The summed E-state index contributed by atoms with van der Waals surface area (Å²) in [4.78, 5) is 0.114. The zero-order valence-corrected chi connectivity index (χ0v) is 11.5. The van der Waals surface area contributed by atoms with E-state index in [0.717, 1.165) is 20.8 Å². The number of rotatable bonds is 2. The first kappa shape index (κ1) is 11.2. The first-order chi connectivity index (χ1) is 7.18. The van der Waals surface area contributed by atoms with E-state index in [1.165, 1.54) is 0 Å². The number of benzene rings is 1. The molecule has 1 unspecified atom stereocenters. The van der Waals surface area contributed by atoms with Gasteiger partial charge < -0.3 is 4.42 Å². The highest BCUT2D eigenvalue weighted by atomic mass is 79.9. The lowest BCUT2D eigenvalue weighted by Gasteiger charge is -2.08. The summed E-state index contributed by atoms with van der Waals surface area (Å²) >= 11 is 12.8. The molecule has 0 N–H and O–H groups in total. The third kappa shape index (κ3) is 2.47. The first-order valence-corrected chi connectivity index (χ1v) is 6.39. The molecule has 0 radical (unpaired) electrons. The molecule has 15 heavy (non-hydrogen) atoms. The van der Waals surface area contributed by atoms with Gasteiger partial charge in [-0.05, 0) is 39.7 Å². The van der Waals surface area contributed by atoms with Crippen molar-refractivity contribution in [1.82, 2.24) is 0 Å². The first-order valence-electron chi connectivity index (χ1n) is 4.31. The molecule has 1 heterocycles. The average molecular weight is 350 g/mol. The van der Waals surface area contributed by atoms with Crippen LogP contribution in [0.15, 0.2) is 45.7 Å². The Bertz CT molecular complexity index is 450. The van der Waals surface area contributed by atoms with Gasteiger partial charge in [0.05, 0.1) is 11.1 Å². The van der Waals surface area contributed by atoms with E-state index in [2.05, 4.69) is 31.9 Å². The highest BCUT2D eigenvalue weighted by Gasteiger charge is 2.15. The second-order valence-electron chi connectivity index (χ2n) is 3.06. The lowest BCUT2D eigenvalue weighted by molar-refractivity contribution is 0.537. The Hall–Kier alpha value is -0.250. The van der Waals surface area contributed by atoms with Crippen molar-refractivity contribution in [2.75, 3.05) is 0 Å². The minimum atomic E-state index is 0.114. The van der Waals surface area contributed by atoms with Gasteiger partial charge in [0.1, 0.15) is 0 Å². The molecule has 1 aromatic carbocycles. The summed E-state index contributed by atoms with van der Waals surface area (Å²) < 4.78 is 5.94. The zero-order valence-electron chi connectivity index (χ0n) is 7.58. The maximum atomic E-state index is 5.83. The van der Waals surface area contributed by atoms with Gasteiger partial charge in [0.2, 0.25) is 0 Å². The van der Waals surface area contributed by atoms with E-state index in [1.807, 2.05) is 30.3 Å². The summed E-state index contributed by atoms with van der Waals surface area (Å²) in [5.41, 5.74) is 2.21. The van der Waals surface area contributed by atoms with Crippen molar-refractivity contribution in [2.45, 2.75) is 4.83 Å². The van der Waals surface area contributed by atoms with Crippen LogP contribution in [0, 0.1) is 0 Å². The Morgan fingerprint density at radius 3 is 2.33 bits per heavy atom. The molecule has 0 aliphatic heterocycles. The molecule has 0 aliphatic rings. The Morgan fingerprint density at radius 2 is 1.80 bits per heavy atom. The molecule has 0 bridgehead atoms. The second kappa shape index (κ2) is 4.73. The van der Waals surface area contributed by atoms with Crippen LogP contribution in [-0.2, 0) is 0 Å². The number of hydrogen-bond donors (Lipinski definition) is 0. The van der Waals surface area contributed by atoms with Gasteiger partial charge in [0.25, 0.3) is 0 Å². The monoisotopic (exact) mass is 348 g/mol. The van der Waals surface area contributed by atoms with Gasteiger partial charge in [-0.1, -0.05) is 39.7 Å². The second-order valence-corrected chi connectivity index (χ2v) is 5.14. The maximum absolute atomic E-state index is 5.83. The van der Waals surface area contributed by atoms with Crippen LogP contribution in [0.1, 0.15) is 16.0 Å². The van der Waals surface area contributed by atoms with Crippen molar-refractivity contribution in [3.8, 4) is 0 Å². The van der Waals surface area contributed by atoms with Gasteiger partial charge in [0, 0.05) is 10.6 Å². The van der Waals surface area contributed by atoms with Crippen LogP contribution in [-0.4, -0.2) is 0 Å². The van der Waals surface area contributed by atoms with Crippen LogP contribution in [0.5, 0.6) is 0 Å². The minimum Gasteiger partial charge on any atom is -0.457 e. The van der Waals surface area contributed by atoms with E-state index in [4.69, 9.17) is 16.0 Å². The third-order valence-electron chi connectivity index (χ3n) is 2.08. The summed E-state index contributed by atoms with van der Waals surface area (Å²) in [5, 5.41) is 0.740. The van der Waals surface area contributed by atoms with Crippen molar-refractivity contribution in [1.29, 1.82) is 0 Å². The van der Waals surface area contributed by atoms with E-state index < -0.39 is 0 Å². The third-order valence-corrected chi connectivity index (χ3v) is 4.00. The maximum Gasteiger partial charge on any atom is 0.173 e. The zero-order chi connectivity index (χ0) is 10.8. The molecular weight excluding hydrogens is 343 g/mol. The molecular formula is C11H7Br2ClO. The van der Waals surface area contributed by atoms with E-state index in [-0.39, 0.29) is 4.83 Å². The normalized spacial score (nSPS) is 12.7. The Morgan fingerprint density at radius 1 is 1.13 bits per heavy atom. The lowest BCUT2D eigenvalue weighted by atomic mass is 10.1. The predicted octanol–water partition coefficient (Wildman–Crippen LogP) is 5.18. The molecule has 78 valence electrons. The van der Waals surface area contributed by atoms with Gasteiger partial charge in [0.15, 0.2) is 4.67 Å². The van der Waals surface area contributed by atoms with E-state index in [0.29, 0.717) is 0 Å². The minimum absolute atomic E-state index is 0.114. The van der Waals surface area contributed by atoms with Crippen molar-refractivity contribution in [2.24, 2.45) is 0 Å². The number of hydrogen-bond acceptors (Lipinski definition) is 1. The molecule has 0 amide bonds. The molecule has 1 aromatic heterocycles. The quantitative estimate of drug-likeness (QED) is 0.680. The number of furan rings is 1. The molecule has 2 rings (SSSR count). The van der Waals surface area contributed by atoms with Crippen molar-refractivity contribution in [3.63, 3.8) is 0 Å². The summed E-state index contributed by atoms with van der Waals surface area (Å²) in [6.07, 6.45) is 1.66. The van der Waals surface area contributed by atoms with Gasteiger partial charge in [-0.2, -0.15) is 0 Å². The molecule has 0 spiro atoms. The van der Waals surface area contributed by atoms with Crippen molar-refractivity contribution >= 4 is 43.5 Å². The summed E-state index contributed by atoms with van der Waals surface area (Å²) in [6.45, 7) is 0. The van der Waals surface area contributed by atoms with Crippen LogP contribution >= 0.6 is 43.5 Å². The topological polar surface area (TPSA) is 13.1 Å². The van der Waals surface area contributed by atoms with Crippen molar-refractivity contribution < 1.29 is 4.42 Å². The molecule has 0 aliphatic carbocycles. The van der Waals surface area contributed by atoms with E-state index >= 15 is 0 Å². The van der Waals surface area contributed by atoms with E-state index in [1.54, 1.807) is 6.26 Å². The summed E-state index contributed by atoms with van der Waals surface area (Å²) in [6, 6.07) is 9.65. The molecule has 2 aromatic rings. The smallest absolute Gasteiger partial charge is 0.173 e. The van der Waals surface area contributed by atoms with Crippen LogP contribution < -0.4 is 0 Å². The SMILES string of the molecule is Clc1ccc(C(Br)c2ccoc2Br)cc1. The summed E-state index contributed by atoms with van der Waals surface area (Å²) in [7, 11) is 0. The van der Waals surface area contributed by atoms with Crippen LogP contribution in [0.25, 0.3) is 0 Å². The van der Waals surface area contributed by atoms with Gasteiger partial charge in [-0.15, -0.1) is 0 Å². The fourth-order valence-corrected chi connectivity index (χ4v) is 2.86. The molecule has 0 saturated carbocycles. The van der Waals surface area contributed by atoms with Crippen LogP contribution in [0.3, 0.4) is 0 Å². The Balaban J connectivity index is 2.32. The average Bonchev–Trinajstić information content (AvgIpc) is 2.65. The Labute approximate surface area is 110 Å². The molecule has 1 atom stereocenters. The highest BCUT2D eigenvalue weighted by Crippen LogP contribution is 2.36. The number of halogens is 3. The standard InChI is InChI=1S/C11H7Br2ClO/c12-10(9-5-6-15-11(9)13)7-1-3-8(14)4-2-7/h1-6,10H. The fourth-order valence-electron chi connectivity index (χ4n) is 1.30. The van der Waals surface area contributed by atoms with Crippen molar-refractivity contribution in [3.05, 3.63) is 57.4 Å². The highest BCUT2D eigenvalue weighted by molar-refractivity contribution is 9.10. The molecule has 4 heteroatoms. The largest absolute Gasteiger partial charge is 0.457 e. The number of alkyl halides is 1. The Kier molecular flexibility index (Phi) is 3.54.